The van der Waals surface area contributed by atoms with Crippen LogP contribution in [0, 0.1) is 11.3 Å². The number of hydrogen-bond donors (Lipinski definition) is 0. The van der Waals surface area contributed by atoms with Crippen molar-refractivity contribution in [2.75, 3.05) is 4.90 Å². The second-order valence-corrected chi connectivity index (χ2v) is 14.4. The Balaban J connectivity index is 1.51. The van der Waals surface area contributed by atoms with Crippen molar-refractivity contribution in [1.29, 1.82) is 5.26 Å². The first-order valence-corrected chi connectivity index (χ1v) is 16.8. The number of para-hydroxylation sites is 2. The van der Waals surface area contributed by atoms with E-state index in [2.05, 4.69) is 104 Å². The van der Waals surface area contributed by atoms with Crippen LogP contribution in [0.3, 0.4) is 0 Å². The first-order valence-electron chi connectivity index (χ1n) is 15.3. The van der Waals surface area contributed by atoms with Gasteiger partial charge in [0.15, 0.2) is 0 Å². The Hall–Kier alpha value is -5.44. The van der Waals surface area contributed by atoms with Crippen LogP contribution in [-0.2, 0) is 20.7 Å². The molecule has 0 saturated carbocycles. The monoisotopic (exact) mass is 614 g/mol. The first-order chi connectivity index (χ1) is 22.3. The third-order valence-corrected chi connectivity index (χ3v) is 11.6. The summed E-state index contributed by atoms with van der Waals surface area (Å²) in [6.45, 7) is 4.51. The molecular formula is C41H30N2O2S. The number of nitriles is 1. The lowest BCUT2D eigenvalue weighted by molar-refractivity contribution is 0.577. The van der Waals surface area contributed by atoms with Gasteiger partial charge < -0.3 is 4.90 Å². The Bertz CT molecular complexity index is 2320. The molecule has 0 spiro atoms. The zero-order valence-electron chi connectivity index (χ0n) is 25.5. The van der Waals surface area contributed by atoms with Crippen LogP contribution < -0.4 is 4.90 Å². The van der Waals surface area contributed by atoms with Gasteiger partial charge in [0.1, 0.15) is 0 Å². The van der Waals surface area contributed by atoms with E-state index in [1.54, 1.807) is 30.3 Å². The Kier molecular flexibility index (Phi) is 6.12. The normalized spacial score (nSPS) is 18.3. The Labute approximate surface area is 269 Å². The maximum absolute atomic E-state index is 14.2. The van der Waals surface area contributed by atoms with Gasteiger partial charge in [-0.2, -0.15) is 5.26 Å². The lowest BCUT2D eigenvalue weighted by atomic mass is 9.63. The molecule has 46 heavy (non-hydrogen) atoms. The van der Waals surface area contributed by atoms with Gasteiger partial charge in [-0.3, -0.25) is 0 Å². The molecule has 222 valence electrons. The summed E-state index contributed by atoms with van der Waals surface area (Å²) < 4.78 is 28.5. The molecule has 2 aliphatic rings. The van der Waals surface area contributed by atoms with Gasteiger partial charge in [-0.05, 0) is 81.9 Å². The van der Waals surface area contributed by atoms with Crippen molar-refractivity contribution < 1.29 is 8.42 Å². The van der Waals surface area contributed by atoms with Crippen molar-refractivity contribution in [3.63, 3.8) is 0 Å². The molecule has 4 nitrogen and oxygen atoms in total. The Morgan fingerprint density at radius 1 is 0.565 bits per heavy atom. The van der Waals surface area contributed by atoms with Gasteiger partial charge in [-0.1, -0.05) is 111 Å². The molecule has 0 radical (unpaired) electrons. The zero-order chi connectivity index (χ0) is 31.7. The second-order valence-electron chi connectivity index (χ2n) is 12.5. The van der Waals surface area contributed by atoms with E-state index in [1.165, 1.54) is 5.56 Å². The topological polar surface area (TPSA) is 61.2 Å². The predicted octanol–water partition coefficient (Wildman–Crippen LogP) is 9.20. The molecule has 6 aromatic rings. The van der Waals surface area contributed by atoms with Crippen LogP contribution >= 0.6 is 0 Å². The summed E-state index contributed by atoms with van der Waals surface area (Å²) in [5.74, 6) is 0. The maximum Gasteiger partial charge on any atom is 0.207 e. The molecule has 0 N–H and O–H groups in total. The SMILES string of the molecule is CC1(C)c2ccccc2N(c2ccccc2)c2ccc(C3(c4ccccc4)c4ccccc4S(=O)(=O)c4ccc(C#N)cc43)cc21. The summed E-state index contributed by atoms with van der Waals surface area (Å²) in [5.41, 5.74) is 7.78. The minimum Gasteiger partial charge on any atom is -0.310 e. The van der Waals surface area contributed by atoms with E-state index in [4.69, 9.17) is 0 Å². The van der Waals surface area contributed by atoms with E-state index < -0.39 is 15.3 Å². The number of anilines is 3. The average molecular weight is 615 g/mol. The molecule has 8 rings (SSSR count). The molecule has 1 unspecified atom stereocenters. The van der Waals surface area contributed by atoms with E-state index in [0.717, 1.165) is 33.8 Å². The van der Waals surface area contributed by atoms with E-state index in [9.17, 15) is 13.7 Å². The van der Waals surface area contributed by atoms with Crippen LogP contribution in [0.15, 0.2) is 155 Å². The molecule has 5 heteroatoms. The van der Waals surface area contributed by atoms with Crippen molar-refractivity contribution in [3.05, 3.63) is 185 Å². The Morgan fingerprint density at radius 3 is 1.91 bits per heavy atom. The summed E-state index contributed by atoms with van der Waals surface area (Å²) in [6, 6.07) is 50.2. The predicted molar refractivity (Wildman–Crippen MR) is 182 cm³/mol. The quantitative estimate of drug-likeness (QED) is 0.199. The summed E-state index contributed by atoms with van der Waals surface area (Å²) in [6.07, 6.45) is 0. The molecule has 2 heterocycles. The van der Waals surface area contributed by atoms with Crippen LogP contribution in [0.4, 0.5) is 17.1 Å². The Morgan fingerprint density at radius 2 is 1.17 bits per heavy atom. The molecule has 0 fully saturated rings. The number of fused-ring (bicyclic) bond motifs is 4. The lowest BCUT2D eigenvalue weighted by Crippen LogP contribution is -2.38. The van der Waals surface area contributed by atoms with E-state index in [-0.39, 0.29) is 15.2 Å². The second kappa shape index (κ2) is 10.0. The summed E-state index contributed by atoms with van der Waals surface area (Å²) >= 11 is 0. The highest BCUT2D eigenvalue weighted by atomic mass is 32.2. The van der Waals surface area contributed by atoms with E-state index >= 15 is 0 Å². The number of sulfone groups is 1. The third-order valence-electron chi connectivity index (χ3n) is 9.77. The minimum absolute atomic E-state index is 0.224. The van der Waals surface area contributed by atoms with Crippen LogP contribution in [0.25, 0.3) is 0 Å². The first kappa shape index (κ1) is 28.1. The number of benzene rings is 6. The lowest BCUT2D eigenvalue weighted by Gasteiger charge is -2.45. The molecular weight excluding hydrogens is 585 g/mol. The van der Waals surface area contributed by atoms with Crippen LogP contribution in [-0.4, -0.2) is 8.42 Å². The van der Waals surface area contributed by atoms with E-state index in [1.807, 2.05) is 36.4 Å². The van der Waals surface area contributed by atoms with Gasteiger partial charge in [0.2, 0.25) is 9.84 Å². The summed E-state index contributed by atoms with van der Waals surface area (Å²) in [7, 11) is -3.86. The van der Waals surface area contributed by atoms with E-state index in [0.29, 0.717) is 16.7 Å². The highest BCUT2D eigenvalue weighted by Gasteiger charge is 2.50. The van der Waals surface area contributed by atoms with Gasteiger partial charge in [-0.25, -0.2) is 8.42 Å². The van der Waals surface area contributed by atoms with Crippen molar-refractivity contribution in [2.24, 2.45) is 0 Å². The fourth-order valence-electron chi connectivity index (χ4n) is 7.67. The van der Waals surface area contributed by atoms with Crippen molar-refractivity contribution in [1.82, 2.24) is 0 Å². The molecule has 0 aliphatic carbocycles. The van der Waals surface area contributed by atoms with Crippen molar-refractivity contribution >= 4 is 26.9 Å². The maximum atomic E-state index is 14.2. The standard InChI is InChI=1S/C41H30N2O2S/c1-40(2)32-17-9-11-19-36(32)43(31-15-7-4-8-16-31)37-23-22-30(26-34(37)40)41(29-13-5-3-6-14-29)33-18-10-12-20-38(33)46(44,45)39-24-21-28(27-42)25-35(39)41/h3-26H,1-2H3. The van der Waals surface area contributed by atoms with Gasteiger partial charge >= 0.3 is 0 Å². The molecule has 1 atom stereocenters. The smallest absolute Gasteiger partial charge is 0.207 e. The molecule has 6 aromatic carbocycles. The summed E-state index contributed by atoms with van der Waals surface area (Å²) in [4.78, 5) is 2.82. The van der Waals surface area contributed by atoms with Gasteiger partial charge in [-0.15, -0.1) is 0 Å². The van der Waals surface area contributed by atoms with Crippen LogP contribution in [0.2, 0.25) is 0 Å². The van der Waals surface area contributed by atoms with Gasteiger partial charge in [0.25, 0.3) is 0 Å². The zero-order valence-corrected chi connectivity index (χ0v) is 26.3. The van der Waals surface area contributed by atoms with Crippen molar-refractivity contribution in [2.45, 2.75) is 34.5 Å². The number of nitrogens with zero attached hydrogens (tertiary/aromatic N) is 2. The summed E-state index contributed by atoms with van der Waals surface area (Å²) in [5, 5.41) is 10.0. The number of hydrogen-bond acceptors (Lipinski definition) is 4. The van der Waals surface area contributed by atoms with Crippen LogP contribution in [0.5, 0.6) is 0 Å². The highest BCUT2D eigenvalue weighted by molar-refractivity contribution is 7.91. The van der Waals surface area contributed by atoms with Crippen LogP contribution in [0.1, 0.15) is 52.8 Å². The highest BCUT2D eigenvalue weighted by Crippen LogP contribution is 2.57. The van der Waals surface area contributed by atoms with Gasteiger partial charge in [0.05, 0.1) is 38.2 Å². The van der Waals surface area contributed by atoms with Gasteiger partial charge in [0, 0.05) is 11.1 Å². The molecule has 0 amide bonds. The fourth-order valence-corrected chi connectivity index (χ4v) is 9.42. The molecule has 0 bridgehead atoms. The third kappa shape index (κ3) is 3.74. The molecule has 2 aliphatic heterocycles. The largest absolute Gasteiger partial charge is 0.310 e. The average Bonchev–Trinajstić information content (AvgIpc) is 3.10. The minimum atomic E-state index is -3.86. The number of rotatable bonds is 3. The molecule has 0 saturated heterocycles. The fraction of sp³-hybridized carbons (Fsp3) is 0.0976. The van der Waals surface area contributed by atoms with Crippen molar-refractivity contribution in [3.8, 4) is 6.07 Å². The molecule has 0 aromatic heterocycles.